The van der Waals surface area contributed by atoms with Crippen LogP contribution >= 0.6 is 0 Å². The lowest BCUT2D eigenvalue weighted by Crippen LogP contribution is -2.32. The van der Waals surface area contributed by atoms with Gasteiger partial charge >= 0.3 is 0 Å². The monoisotopic (exact) mass is 949 g/mol. The molecule has 0 fully saturated rings. The van der Waals surface area contributed by atoms with E-state index in [2.05, 4.69) is 65.0 Å². The zero-order chi connectivity index (χ0) is 50.3. The summed E-state index contributed by atoms with van der Waals surface area (Å²) in [4.78, 5) is 41.0. The molecule has 0 atom stereocenters. The number of amides is 2. The van der Waals surface area contributed by atoms with E-state index in [4.69, 9.17) is 56.1 Å². The third kappa shape index (κ3) is 19.4. The lowest BCUT2D eigenvalue weighted by Gasteiger charge is -2.29. The zero-order valence-electron chi connectivity index (χ0n) is 41.7. The normalized spacial score (nSPS) is 12.2. The van der Waals surface area contributed by atoms with Gasteiger partial charge in [0, 0.05) is 44.1 Å². The SMILES string of the molecule is C=N/C(N)=N\C(N)=C(/C)Cc1cc(OC)c(OCCCCC(=O)NCCC(C)(C)COCC(C)(C)CCNC(=O)CCCCOc2c(OC)cc(Cc3cnc(N)nc3N)cc2OC)c(OC)c1. The lowest BCUT2D eigenvalue weighted by molar-refractivity contribution is -0.122. The predicted molar refractivity (Wildman–Crippen MR) is 267 cm³/mol. The molecule has 0 bridgehead atoms. The standard InChI is InChI=1S/C49H76N10O9/c1-32(44(50)58-46(52)54-6)23-33-25-36(62-7)42(37(26-33)63-8)67-21-13-11-15-40(60)55-19-17-48(2,3)30-66-31-49(4,5)18-20-56-41(61)16-12-14-22-68-43-38(64-9)27-34(28-39(43)65-10)24-35-29-57-47(53)59-45(35)51/h25-29H,6,11-24,30-31,50H2,1-5,7-10H3,(H2,52,58)(H,55,60)(H,56,61)(H4,51,53,57,59)/b44-32+. The number of carbonyl (C=O) groups is 2. The van der Waals surface area contributed by atoms with E-state index < -0.39 is 0 Å². The van der Waals surface area contributed by atoms with Crippen molar-refractivity contribution in [2.45, 2.75) is 98.8 Å². The molecule has 0 aliphatic heterocycles. The molecular formula is C49H76N10O9. The van der Waals surface area contributed by atoms with E-state index in [0.717, 1.165) is 35.1 Å². The van der Waals surface area contributed by atoms with Crippen LogP contribution in [0.1, 0.15) is 103 Å². The van der Waals surface area contributed by atoms with Crippen molar-refractivity contribution in [3.63, 3.8) is 0 Å². The van der Waals surface area contributed by atoms with Crippen molar-refractivity contribution in [3.8, 4) is 34.5 Å². The summed E-state index contributed by atoms with van der Waals surface area (Å²) in [6.45, 7) is 16.7. The first kappa shape index (κ1) is 55.8. The first-order valence-electron chi connectivity index (χ1n) is 22.8. The number of allylic oxidation sites excluding steroid dienone is 1. The molecule has 3 aromatic rings. The van der Waals surface area contributed by atoms with E-state index in [1.165, 1.54) is 0 Å². The minimum Gasteiger partial charge on any atom is -0.493 e. The maximum Gasteiger partial charge on any atom is 0.221 e. The van der Waals surface area contributed by atoms with Crippen molar-refractivity contribution < 1.29 is 42.7 Å². The van der Waals surface area contributed by atoms with E-state index >= 15 is 0 Å². The molecule has 68 heavy (non-hydrogen) atoms. The number of aliphatic imine (C=N–C) groups is 2. The molecule has 0 saturated carbocycles. The van der Waals surface area contributed by atoms with E-state index in [1.807, 2.05) is 31.2 Å². The van der Waals surface area contributed by atoms with Crippen molar-refractivity contribution in [3.05, 3.63) is 58.5 Å². The topological polar surface area (TPSA) is 277 Å². The Bertz CT molecular complexity index is 2130. The number of unbranched alkanes of at least 4 members (excludes halogenated alkanes) is 2. The van der Waals surface area contributed by atoms with E-state index in [1.54, 1.807) is 34.6 Å². The van der Waals surface area contributed by atoms with Crippen molar-refractivity contribution in [2.75, 3.05) is 79.4 Å². The molecule has 0 unspecified atom stereocenters. The maximum atomic E-state index is 12.6. The summed E-state index contributed by atoms with van der Waals surface area (Å²) >= 11 is 0. The number of guanidine groups is 1. The summed E-state index contributed by atoms with van der Waals surface area (Å²) in [5.74, 6) is 3.72. The summed E-state index contributed by atoms with van der Waals surface area (Å²) in [6.07, 6.45) is 7.47. The van der Waals surface area contributed by atoms with Gasteiger partial charge in [0.1, 0.15) is 11.6 Å². The Morgan fingerprint density at radius 3 is 1.60 bits per heavy atom. The van der Waals surface area contributed by atoms with Crippen LogP contribution in [0.4, 0.5) is 11.8 Å². The fraction of sp³-hybridized carbons (Fsp3) is 0.551. The molecule has 0 radical (unpaired) electrons. The number of nitrogen functional groups attached to an aromatic ring is 2. The molecule has 1 heterocycles. The molecular weight excluding hydrogens is 873 g/mol. The molecule has 2 amide bonds. The zero-order valence-corrected chi connectivity index (χ0v) is 41.7. The molecule has 1 aromatic heterocycles. The summed E-state index contributed by atoms with van der Waals surface area (Å²) in [5, 5.41) is 6.09. The van der Waals surface area contributed by atoms with Crippen LogP contribution in [0.15, 0.2) is 51.8 Å². The van der Waals surface area contributed by atoms with Gasteiger partial charge in [-0.05, 0) is 110 Å². The van der Waals surface area contributed by atoms with Gasteiger partial charge in [-0.1, -0.05) is 27.7 Å². The number of carbonyl (C=O) groups excluding carboxylic acids is 2. The number of hydrogen-bond acceptors (Lipinski definition) is 15. The number of nitrogens with one attached hydrogen (secondary N) is 2. The van der Waals surface area contributed by atoms with Gasteiger partial charge in [0.05, 0.1) is 54.9 Å². The number of hydrogen-bond donors (Lipinski definition) is 6. The van der Waals surface area contributed by atoms with Crippen molar-refractivity contribution in [1.29, 1.82) is 0 Å². The number of methoxy groups -OCH3 is 4. The quantitative estimate of drug-likeness (QED) is 0.0249. The fourth-order valence-corrected chi connectivity index (χ4v) is 6.93. The van der Waals surface area contributed by atoms with Crippen LogP contribution in [0, 0.1) is 10.8 Å². The Morgan fingerprint density at radius 1 is 0.721 bits per heavy atom. The molecule has 376 valence electrons. The molecule has 2 aromatic carbocycles. The highest BCUT2D eigenvalue weighted by molar-refractivity contribution is 5.83. The Morgan fingerprint density at radius 2 is 1.18 bits per heavy atom. The van der Waals surface area contributed by atoms with Crippen molar-refractivity contribution in [1.82, 2.24) is 20.6 Å². The van der Waals surface area contributed by atoms with Gasteiger partial charge < -0.3 is 66.7 Å². The van der Waals surface area contributed by atoms with Gasteiger partial charge in [-0.15, -0.1) is 0 Å². The molecule has 19 heteroatoms. The molecule has 0 saturated heterocycles. The number of rotatable bonds is 31. The minimum absolute atomic E-state index is 0.00456. The second-order valence-electron chi connectivity index (χ2n) is 18.1. The third-order valence-electron chi connectivity index (χ3n) is 11.0. The van der Waals surface area contributed by atoms with E-state index in [0.29, 0.717) is 131 Å². The first-order chi connectivity index (χ1) is 32.3. The smallest absolute Gasteiger partial charge is 0.221 e. The van der Waals surface area contributed by atoms with Gasteiger partial charge in [-0.2, -0.15) is 9.98 Å². The van der Waals surface area contributed by atoms with Crippen molar-refractivity contribution in [2.24, 2.45) is 32.3 Å². The Kier molecular flexibility index (Phi) is 23.0. The van der Waals surface area contributed by atoms with Crippen molar-refractivity contribution >= 4 is 36.3 Å². The van der Waals surface area contributed by atoms with Crippen LogP contribution in [-0.4, -0.2) is 102 Å². The van der Waals surface area contributed by atoms with Crippen LogP contribution < -0.4 is 62.0 Å². The average molecular weight is 949 g/mol. The van der Waals surface area contributed by atoms with Gasteiger partial charge in [0.15, 0.2) is 23.0 Å². The van der Waals surface area contributed by atoms with E-state index in [9.17, 15) is 9.59 Å². The first-order valence-corrected chi connectivity index (χ1v) is 22.8. The summed E-state index contributed by atoms with van der Waals surface area (Å²) in [5.41, 5.74) is 26.3. The Hall–Kier alpha value is -6.50. The fourth-order valence-electron chi connectivity index (χ4n) is 6.93. The highest BCUT2D eigenvalue weighted by Gasteiger charge is 2.23. The number of ether oxygens (including phenoxy) is 7. The number of benzene rings is 2. The highest BCUT2D eigenvalue weighted by atomic mass is 16.5. The van der Waals surface area contributed by atoms with Crippen LogP contribution in [0.25, 0.3) is 0 Å². The second-order valence-corrected chi connectivity index (χ2v) is 18.1. The van der Waals surface area contributed by atoms with Crippen LogP contribution in [0.3, 0.4) is 0 Å². The van der Waals surface area contributed by atoms with E-state index in [-0.39, 0.29) is 40.4 Å². The molecule has 0 aliphatic rings. The summed E-state index contributed by atoms with van der Waals surface area (Å²) in [6, 6.07) is 7.44. The molecule has 10 N–H and O–H groups in total. The number of nitrogens with zero attached hydrogens (tertiary/aromatic N) is 4. The Labute approximate surface area is 402 Å². The molecule has 0 aliphatic carbocycles. The summed E-state index contributed by atoms with van der Waals surface area (Å²) < 4.78 is 40.7. The maximum absolute atomic E-state index is 12.6. The average Bonchev–Trinajstić information content (AvgIpc) is 3.29. The number of nitrogens with two attached hydrogens (primary N) is 4. The van der Waals surface area contributed by atoms with Crippen LogP contribution in [-0.2, 0) is 27.2 Å². The second kappa shape index (κ2) is 28.0. The summed E-state index contributed by atoms with van der Waals surface area (Å²) in [7, 11) is 6.26. The highest BCUT2D eigenvalue weighted by Crippen LogP contribution is 2.41. The number of anilines is 2. The van der Waals surface area contributed by atoms with Gasteiger partial charge in [0.2, 0.25) is 35.2 Å². The molecule has 3 rings (SSSR count). The van der Waals surface area contributed by atoms with Gasteiger partial charge in [0.25, 0.3) is 0 Å². The largest absolute Gasteiger partial charge is 0.493 e. The molecule has 0 spiro atoms. The number of aromatic nitrogens is 2. The predicted octanol–water partition coefficient (Wildman–Crippen LogP) is 5.89. The van der Waals surface area contributed by atoms with Crippen LogP contribution in [0.5, 0.6) is 34.5 Å². The lowest BCUT2D eigenvalue weighted by atomic mass is 9.89. The third-order valence-corrected chi connectivity index (χ3v) is 11.0. The van der Waals surface area contributed by atoms with Gasteiger partial charge in [-0.3, -0.25) is 9.59 Å². The minimum atomic E-state index is -0.141. The van der Waals surface area contributed by atoms with Crippen LogP contribution in [0.2, 0.25) is 0 Å². The Balaban J connectivity index is 1.29. The molecule has 19 nitrogen and oxygen atoms in total. The van der Waals surface area contributed by atoms with Gasteiger partial charge in [-0.25, -0.2) is 9.98 Å².